The molecule has 0 unspecified atom stereocenters. The Kier molecular flexibility index (Phi) is 36.5. The second-order valence-electron chi connectivity index (χ2n) is 7.47. The summed E-state index contributed by atoms with van der Waals surface area (Å²) in [7, 11) is 0. The van der Waals surface area contributed by atoms with Crippen molar-refractivity contribution in [1.82, 2.24) is 0 Å². The van der Waals surface area contributed by atoms with Crippen LogP contribution in [0.3, 0.4) is 0 Å². The molecule has 184 valence electrons. The summed E-state index contributed by atoms with van der Waals surface area (Å²) in [5.41, 5.74) is 0.176. The highest BCUT2D eigenvalue weighted by Crippen LogP contribution is 2.05. The summed E-state index contributed by atoms with van der Waals surface area (Å²) < 4.78 is 0. The quantitative estimate of drug-likeness (QED) is 0.214. The molecule has 0 radical (unpaired) electrons. The second-order valence-corrected chi connectivity index (χ2v) is 7.47. The Hall–Kier alpha value is -1.03. The van der Waals surface area contributed by atoms with Gasteiger partial charge in [-0.05, 0) is 63.2 Å². The summed E-state index contributed by atoms with van der Waals surface area (Å²) in [6.07, 6.45) is 4.84. The van der Waals surface area contributed by atoms with Gasteiger partial charge in [0.25, 0.3) is 0 Å². The molecule has 0 atom stereocenters. The molecule has 0 fully saturated rings. The van der Waals surface area contributed by atoms with E-state index < -0.39 is 5.97 Å². The van der Waals surface area contributed by atoms with Gasteiger partial charge in [-0.25, -0.2) is 4.79 Å². The number of hydrogen-bond donors (Lipinski definition) is 7. The molecule has 8 nitrogen and oxygen atoms in total. The van der Waals surface area contributed by atoms with Crippen LogP contribution in [0.1, 0.15) is 66.2 Å². The van der Waals surface area contributed by atoms with E-state index in [1.807, 2.05) is 20.8 Å². The summed E-state index contributed by atoms with van der Waals surface area (Å²) in [6.45, 7) is 12.1. The van der Waals surface area contributed by atoms with Gasteiger partial charge in [0.1, 0.15) is 0 Å². The van der Waals surface area contributed by atoms with Crippen molar-refractivity contribution in [3.8, 4) is 0 Å². The van der Waals surface area contributed by atoms with Crippen molar-refractivity contribution >= 4 is 5.97 Å². The Bertz CT molecular complexity index is 287. The predicted molar refractivity (Wildman–Crippen MR) is 120 cm³/mol. The number of rotatable bonds is 13. The fraction of sp³-hybridized carbons (Fsp3) is 0.864. The SMILES string of the molecule is C=C(C)C(=O)O.CC(CCO)CCO.CC(CCO)CCO.CC(CCO)CCO. The first kappa shape index (κ1) is 36.3. The summed E-state index contributed by atoms with van der Waals surface area (Å²) in [5.74, 6) is 0.454. The standard InChI is InChI=1S/3C6H14O2.C4H6O2/c3*1-6(2-4-7)3-5-8;1-3(2)4(5)6/h3*6-8H,2-5H2,1H3;1H2,2H3,(H,5,6). The van der Waals surface area contributed by atoms with Crippen LogP contribution in [0.5, 0.6) is 0 Å². The Morgan fingerprint density at radius 1 is 0.600 bits per heavy atom. The van der Waals surface area contributed by atoms with E-state index in [4.69, 9.17) is 35.7 Å². The molecule has 0 heterocycles. The lowest BCUT2D eigenvalue weighted by Crippen LogP contribution is -1.99. The summed E-state index contributed by atoms with van der Waals surface area (Å²) in [4.78, 5) is 9.60. The lowest BCUT2D eigenvalue weighted by molar-refractivity contribution is -0.132. The van der Waals surface area contributed by atoms with E-state index in [9.17, 15) is 4.79 Å². The predicted octanol–water partition coefficient (Wildman–Crippen LogP) is 1.81. The zero-order chi connectivity index (χ0) is 24.4. The van der Waals surface area contributed by atoms with Crippen LogP contribution in [0.25, 0.3) is 0 Å². The highest BCUT2D eigenvalue weighted by molar-refractivity contribution is 5.84. The average molecular weight is 441 g/mol. The number of carboxylic acid groups (broad SMARTS) is 1. The van der Waals surface area contributed by atoms with Crippen LogP contribution in [0, 0.1) is 17.8 Å². The summed E-state index contributed by atoms with van der Waals surface area (Å²) in [6, 6.07) is 0. The zero-order valence-electron chi connectivity index (χ0n) is 19.5. The largest absolute Gasteiger partial charge is 0.478 e. The third kappa shape index (κ3) is 41.4. The van der Waals surface area contributed by atoms with Gasteiger partial charge in [0.2, 0.25) is 0 Å². The molecule has 0 bridgehead atoms. The van der Waals surface area contributed by atoms with E-state index in [1.165, 1.54) is 6.92 Å². The molecule has 0 aromatic carbocycles. The first-order valence-corrected chi connectivity index (χ1v) is 10.6. The van der Waals surface area contributed by atoms with Crippen LogP contribution in [0.4, 0.5) is 0 Å². The molecule has 0 aliphatic carbocycles. The minimum absolute atomic E-state index is 0.176. The molecule has 0 aromatic heterocycles. The van der Waals surface area contributed by atoms with Gasteiger partial charge in [-0.3, -0.25) is 0 Å². The van der Waals surface area contributed by atoms with Crippen molar-refractivity contribution in [3.05, 3.63) is 12.2 Å². The van der Waals surface area contributed by atoms with Gasteiger partial charge >= 0.3 is 5.97 Å². The summed E-state index contributed by atoms with van der Waals surface area (Å²) >= 11 is 0. The molecule has 0 aliphatic rings. The monoisotopic (exact) mass is 440 g/mol. The van der Waals surface area contributed by atoms with Crippen LogP contribution in [-0.4, -0.2) is 81.4 Å². The zero-order valence-corrected chi connectivity index (χ0v) is 19.5. The van der Waals surface area contributed by atoms with Crippen LogP contribution in [0.2, 0.25) is 0 Å². The van der Waals surface area contributed by atoms with E-state index in [0.717, 1.165) is 38.5 Å². The maximum absolute atomic E-state index is 9.60. The van der Waals surface area contributed by atoms with Crippen molar-refractivity contribution in [2.24, 2.45) is 17.8 Å². The van der Waals surface area contributed by atoms with E-state index in [1.54, 1.807) is 0 Å². The minimum atomic E-state index is -0.935. The average Bonchev–Trinajstić information content (AvgIpc) is 2.64. The molecule has 0 aromatic rings. The Morgan fingerprint density at radius 2 is 0.733 bits per heavy atom. The third-order valence-electron chi connectivity index (χ3n) is 4.10. The van der Waals surface area contributed by atoms with Gasteiger partial charge < -0.3 is 35.7 Å². The van der Waals surface area contributed by atoms with Crippen LogP contribution in [0.15, 0.2) is 12.2 Å². The van der Waals surface area contributed by atoms with Crippen molar-refractivity contribution in [3.63, 3.8) is 0 Å². The maximum Gasteiger partial charge on any atom is 0.330 e. The third-order valence-corrected chi connectivity index (χ3v) is 4.10. The lowest BCUT2D eigenvalue weighted by atomic mass is 10.1. The van der Waals surface area contributed by atoms with Crippen molar-refractivity contribution in [1.29, 1.82) is 0 Å². The highest BCUT2D eigenvalue weighted by atomic mass is 16.4. The molecule has 0 amide bonds. The first-order valence-electron chi connectivity index (χ1n) is 10.6. The van der Waals surface area contributed by atoms with Crippen LogP contribution >= 0.6 is 0 Å². The van der Waals surface area contributed by atoms with E-state index >= 15 is 0 Å². The highest BCUT2D eigenvalue weighted by Gasteiger charge is 1.98. The van der Waals surface area contributed by atoms with Crippen molar-refractivity contribution in [2.75, 3.05) is 39.6 Å². The molecular formula is C22H48O8. The normalized spacial score (nSPS) is 9.90. The van der Waals surface area contributed by atoms with Crippen LogP contribution in [-0.2, 0) is 4.79 Å². The first-order chi connectivity index (χ1) is 14.1. The fourth-order valence-corrected chi connectivity index (χ4v) is 1.76. The number of aliphatic hydroxyl groups excluding tert-OH is 6. The van der Waals surface area contributed by atoms with Crippen LogP contribution < -0.4 is 0 Å². The van der Waals surface area contributed by atoms with Gasteiger partial charge in [-0.15, -0.1) is 0 Å². The number of carbonyl (C=O) groups is 1. The molecule has 0 aliphatic heterocycles. The maximum atomic E-state index is 9.60. The van der Waals surface area contributed by atoms with E-state index in [0.29, 0.717) is 17.8 Å². The molecule has 8 heteroatoms. The van der Waals surface area contributed by atoms with Gasteiger partial charge in [-0.1, -0.05) is 27.4 Å². The summed E-state index contributed by atoms with van der Waals surface area (Å²) in [5, 5.41) is 58.2. The molecule has 0 saturated carbocycles. The second kappa shape index (κ2) is 30.2. The number of aliphatic carboxylic acids is 1. The topological polar surface area (TPSA) is 159 Å². The van der Waals surface area contributed by atoms with E-state index in [-0.39, 0.29) is 45.2 Å². The van der Waals surface area contributed by atoms with Crippen molar-refractivity contribution in [2.45, 2.75) is 66.2 Å². The Balaban J connectivity index is -0.000000151. The molecule has 7 N–H and O–H groups in total. The number of hydrogen-bond acceptors (Lipinski definition) is 7. The molecular weight excluding hydrogens is 392 g/mol. The van der Waals surface area contributed by atoms with Gasteiger partial charge in [0.05, 0.1) is 0 Å². The minimum Gasteiger partial charge on any atom is -0.478 e. The molecule has 30 heavy (non-hydrogen) atoms. The fourth-order valence-electron chi connectivity index (χ4n) is 1.76. The van der Waals surface area contributed by atoms with E-state index in [2.05, 4.69) is 6.58 Å². The molecule has 0 spiro atoms. The Morgan fingerprint density at radius 3 is 0.800 bits per heavy atom. The van der Waals surface area contributed by atoms with Crippen molar-refractivity contribution < 1.29 is 40.5 Å². The Labute approximate surface area is 182 Å². The molecule has 0 saturated heterocycles. The van der Waals surface area contributed by atoms with Gasteiger partial charge in [0.15, 0.2) is 0 Å². The number of carboxylic acids is 1. The van der Waals surface area contributed by atoms with Gasteiger partial charge in [0, 0.05) is 45.2 Å². The smallest absolute Gasteiger partial charge is 0.330 e. The lowest BCUT2D eigenvalue weighted by Gasteiger charge is -2.04. The van der Waals surface area contributed by atoms with Gasteiger partial charge in [-0.2, -0.15) is 0 Å². The molecule has 0 rings (SSSR count). The number of aliphatic hydroxyl groups is 6.